The maximum absolute atomic E-state index is 13.8. The first-order valence-corrected chi connectivity index (χ1v) is 12.3. The number of hydrogen-bond acceptors (Lipinski definition) is 5. The van der Waals surface area contributed by atoms with Crippen LogP contribution < -0.4 is 16.4 Å². The van der Waals surface area contributed by atoms with Gasteiger partial charge in [0, 0.05) is 13.1 Å². The summed E-state index contributed by atoms with van der Waals surface area (Å²) in [5.41, 5.74) is 7.05. The molecule has 9 heteroatoms. The van der Waals surface area contributed by atoms with Crippen molar-refractivity contribution in [1.29, 1.82) is 0 Å². The molecule has 0 aromatic heterocycles. The highest BCUT2D eigenvalue weighted by Crippen LogP contribution is 2.27. The maximum Gasteiger partial charge on any atom is 0.408 e. The minimum absolute atomic E-state index is 0.00449. The van der Waals surface area contributed by atoms with Crippen LogP contribution in [-0.4, -0.2) is 53.4 Å². The van der Waals surface area contributed by atoms with E-state index in [0.717, 1.165) is 30.4 Å². The van der Waals surface area contributed by atoms with Gasteiger partial charge in [0.05, 0.1) is 6.42 Å². The molecule has 0 bridgehead atoms. The zero-order valence-electron chi connectivity index (χ0n) is 22.5. The maximum atomic E-state index is 13.8. The second-order valence-electron chi connectivity index (χ2n) is 9.84. The number of nitrogens with one attached hydrogen (secondary N) is 2. The van der Waals surface area contributed by atoms with Crippen LogP contribution in [0.15, 0.2) is 30.9 Å². The van der Waals surface area contributed by atoms with Crippen LogP contribution in [0.4, 0.5) is 4.79 Å². The Labute approximate surface area is 214 Å². The number of carbonyl (C=O) groups is 4. The van der Waals surface area contributed by atoms with Crippen molar-refractivity contribution in [2.45, 2.75) is 84.9 Å². The lowest BCUT2D eigenvalue weighted by atomic mass is 9.94. The predicted octanol–water partition coefficient (Wildman–Crippen LogP) is 3.43. The molecule has 0 aliphatic rings. The molecule has 36 heavy (non-hydrogen) atoms. The number of alkyl carbamates (subject to hydrolysis) is 1. The van der Waals surface area contributed by atoms with Gasteiger partial charge in [-0.1, -0.05) is 44.0 Å². The summed E-state index contributed by atoms with van der Waals surface area (Å²) in [6.07, 6.45) is 2.94. The van der Waals surface area contributed by atoms with E-state index >= 15 is 0 Å². The van der Waals surface area contributed by atoms with Crippen LogP contribution in [0.3, 0.4) is 0 Å². The summed E-state index contributed by atoms with van der Waals surface area (Å²) < 4.78 is 5.27. The van der Waals surface area contributed by atoms with Crippen molar-refractivity contribution in [2.75, 3.05) is 13.1 Å². The van der Waals surface area contributed by atoms with Gasteiger partial charge in [-0.2, -0.15) is 0 Å². The minimum atomic E-state index is -1.32. The molecule has 0 saturated carbocycles. The number of amides is 4. The summed E-state index contributed by atoms with van der Waals surface area (Å²) in [5, 5.41) is 5.39. The van der Waals surface area contributed by atoms with Crippen LogP contribution in [0.1, 0.15) is 76.1 Å². The monoisotopic (exact) mass is 502 g/mol. The number of carbonyl (C=O) groups excluding carboxylic acids is 4. The number of hydrogen-bond donors (Lipinski definition) is 3. The summed E-state index contributed by atoms with van der Waals surface area (Å²) in [6, 6.07) is 3.22. The Balaban J connectivity index is 3.46. The van der Waals surface area contributed by atoms with E-state index in [-0.39, 0.29) is 12.5 Å². The largest absolute Gasteiger partial charge is 0.444 e. The highest BCUT2D eigenvalue weighted by atomic mass is 16.6. The van der Waals surface area contributed by atoms with Crippen LogP contribution in [-0.2, 0) is 19.1 Å². The first kappa shape index (κ1) is 30.7. The summed E-state index contributed by atoms with van der Waals surface area (Å²) in [5.74, 6) is -1.78. The van der Waals surface area contributed by atoms with E-state index < -0.39 is 42.0 Å². The van der Waals surface area contributed by atoms with Gasteiger partial charge in [-0.15, -0.1) is 6.58 Å². The molecule has 0 saturated heterocycles. The predicted molar refractivity (Wildman–Crippen MR) is 140 cm³/mol. The molecule has 200 valence electrons. The quantitative estimate of drug-likeness (QED) is 0.281. The van der Waals surface area contributed by atoms with Crippen LogP contribution in [0.25, 0.3) is 0 Å². The summed E-state index contributed by atoms with van der Waals surface area (Å²) in [4.78, 5) is 52.9. The average molecular weight is 503 g/mol. The van der Waals surface area contributed by atoms with E-state index in [1.54, 1.807) is 26.8 Å². The summed E-state index contributed by atoms with van der Waals surface area (Å²) in [6.45, 7) is 15.1. The van der Waals surface area contributed by atoms with Crippen molar-refractivity contribution < 1.29 is 23.9 Å². The molecule has 1 aromatic rings. The Morgan fingerprint density at radius 3 is 2.39 bits per heavy atom. The molecule has 2 unspecified atom stereocenters. The highest BCUT2D eigenvalue weighted by molar-refractivity contribution is 5.94. The fraction of sp³-hybridized carbons (Fsp3) is 0.556. The highest BCUT2D eigenvalue weighted by Gasteiger charge is 2.37. The zero-order valence-corrected chi connectivity index (χ0v) is 22.5. The van der Waals surface area contributed by atoms with E-state index in [1.807, 2.05) is 26.0 Å². The molecule has 1 aromatic carbocycles. The van der Waals surface area contributed by atoms with Crippen LogP contribution >= 0.6 is 0 Å². The van der Waals surface area contributed by atoms with Gasteiger partial charge in [-0.05, 0) is 57.7 Å². The van der Waals surface area contributed by atoms with E-state index in [9.17, 15) is 19.2 Å². The number of nitrogens with two attached hydrogens (primary N) is 1. The minimum Gasteiger partial charge on any atom is -0.444 e. The van der Waals surface area contributed by atoms with Gasteiger partial charge in [-0.25, -0.2) is 4.79 Å². The van der Waals surface area contributed by atoms with Crippen molar-refractivity contribution in [3.63, 3.8) is 0 Å². The van der Waals surface area contributed by atoms with Crippen molar-refractivity contribution in [3.05, 3.63) is 47.5 Å². The molecule has 0 aliphatic heterocycles. The van der Waals surface area contributed by atoms with E-state index in [4.69, 9.17) is 10.5 Å². The molecular weight excluding hydrogens is 460 g/mol. The Morgan fingerprint density at radius 2 is 1.83 bits per heavy atom. The molecule has 0 fully saturated rings. The summed E-state index contributed by atoms with van der Waals surface area (Å²) in [7, 11) is 0. The van der Waals surface area contributed by atoms with E-state index in [0.29, 0.717) is 12.1 Å². The van der Waals surface area contributed by atoms with Crippen LogP contribution in [0.2, 0.25) is 0 Å². The van der Waals surface area contributed by atoms with Gasteiger partial charge in [0.2, 0.25) is 17.7 Å². The Bertz CT molecular complexity index is 939. The molecule has 0 spiro atoms. The summed E-state index contributed by atoms with van der Waals surface area (Å²) >= 11 is 0. The topological polar surface area (TPSA) is 131 Å². The normalized spacial score (nSPS) is 12.7. The van der Waals surface area contributed by atoms with Gasteiger partial charge >= 0.3 is 6.09 Å². The third kappa shape index (κ3) is 9.71. The number of nitrogens with zero attached hydrogens (tertiary/aromatic N) is 1. The second-order valence-corrected chi connectivity index (χ2v) is 9.84. The first-order valence-electron chi connectivity index (χ1n) is 12.3. The number of ether oxygens (including phenoxy) is 1. The van der Waals surface area contributed by atoms with E-state index in [2.05, 4.69) is 24.1 Å². The smallest absolute Gasteiger partial charge is 0.408 e. The molecule has 0 aliphatic carbocycles. The molecule has 4 N–H and O–H groups in total. The van der Waals surface area contributed by atoms with Crippen molar-refractivity contribution in [1.82, 2.24) is 15.5 Å². The Morgan fingerprint density at radius 1 is 1.17 bits per heavy atom. The lowest BCUT2D eigenvalue weighted by Gasteiger charge is -2.34. The lowest BCUT2D eigenvalue weighted by molar-refractivity contribution is -0.142. The third-order valence-corrected chi connectivity index (χ3v) is 5.58. The molecule has 0 heterocycles. The van der Waals surface area contributed by atoms with Gasteiger partial charge < -0.3 is 26.0 Å². The fourth-order valence-electron chi connectivity index (χ4n) is 3.72. The number of benzene rings is 1. The third-order valence-electron chi connectivity index (χ3n) is 5.58. The molecule has 9 nitrogen and oxygen atoms in total. The first-order chi connectivity index (χ1) is 16.8. The average Bonchev–Trinajstić information content (AvgIpc) is 2.76. The van der Waals surface area contributed by atoms with Crippen LogP contribution in [0, 0.1) is 13.8 Å². The number of primary amides is 1. The van der Waals surface area contributed by atoms with Gasteiger partial charge in [-0.3, -0.25) is 14.4 Å². The lowest BCUT2D eigenvalue weighted by Crippen LogP contribution is -2.54. The number of rotatable bonds is 13. The van der Waals surface area contributed by atoms with Crippen molar-refractivity contribution >= 4 is 23.8 Å². The van der Waals surface area contributed by atoms with Gasteiger partial charge in [0.1, 0.15) is 17.7 Å². The van der Waals surface area contributed by atoms with Gasteiger partial charge in [0.25, 0.3) is 0 Å². The second kappa shape index (κ2) is 14.3. The Kier molecular flexibility index (Phi) is 12.1. The molecule has 2 atom stereocenters. The standard InChI is InChI=1S/C27H42N4O5/c1-8-10-11-15-29-24(33)23(20-14-12-13-18(3)19(20)4)31(16-9-2)25(34)21(17-22(28)32)30-26(35)36-27(5,6)7/h9,12-14,21,23H,2,8,10-11,15-17H2,1,3-7H3,(H2,28,32)(H,29,33)(H,30,35). The van der Waals surface area contributed by atoms with Crippen LogP contribution in [0.5, 0.6) is 0 Å². The molecule has 4 amide bonds. The van der Waals surface area contributed by atoms with Gasteiger partial charge in [0.15, 0.2) is 0 Å². The molecule has 1 rings (SSSR count). The Hall–Kier alpha value is -3.36. The fourth-order valence-corrected chi connectivity index (χ4v) is 3.72. The van der Waals surface area contributed by atoms with Crippen molar-refractivity contribution in [3.8, 4) is 0 Å². The van der Waals surface area contributed by atoms with E-state index in [1.165, 1.54) is 11.0 Å². The van der Waals surface area contributed by atoms with Crippen molar-refractivity contribution in [2.24, 2.45) is 5.73 Å². The number of aryl methyl sites for hydroxylation is 1. The molecular formula is C27H42N4O5. The molecule has 0 radical (unpaired) electrons. The zero-order chi connectivity index (χ0) is 27.5. The SMILES string of the molecule is C=CCN(C(=O)C(CC(N)=O)NC(=O)OC(C)(C)C)C(C(=O)NCCCCC)c1cccc(C)c1C. The number of unbranched alkanes of at least 4 members (excludes halogenated alkanes) is 2.